The van der Waals surface area contributed by atoms with Crippen LogP contribution < -0.4 is 0 Å². The molecule has 0 atom stereocenters. The van der Waals surface area contributed by atoms with E-state index in [1.54, 1.807) is 6.20 Å². The quantitative estimate of drug-likeness (QED) is 0.696. The highest BCUT2D eigenvalue weighted by Crippen LogP contribution is 2.27. The second kappa shape index (κ2) is 6.35. The zero-order valence-corrected chi connectivity index (χ0v) is 14.5. The van der Waals surface area contributed by atoms with Gasteiger partial charge in [0, 0.05) is 21.9 Å². The molecule has 114 valence electrons. The molecule has 0 radical (unpaired) electrons. The predicted octanol–water partition coefficient (Wildman–Crippen LogP) is 4.24. The van der Waals surface area contributed by atoms with E-state index in [-0.39, 0.29) is 0 Å². The van der Waals surface area contributed by atoms with E-state index in [4.69, 9.17) is 5.26 Å². The Bertz CT molecular complexity index is 871. The van der Waals surface area contributed by atoms with E-state index in [0.717, 1.165) is 32.7 Å². The van der Waals surface area contributed by atoms with Gasteiger partial charge < -0.3 is 0 Å². The maximum Gasteiger partial charge on any atom is 0.0991 e. The molecule has 2 heterocycles. The van der Waals surface area contributed by atoms with Crippen molar-refractivity contribution in [3.63, 3.8) is 0 Å². The minimum Gasteiger partial charge on any atom is -0.263 e. The van der Waals surface area contributed by atoms with Gasteiger partial charge in [-0.15, -0.1) is 0 Å². The van der Waals surface area contributed by atoms with Crippen molar-refractivity contribution >= 4 is 15.9 Å². The summed E-state index contributed by atoms with van der Waals surface area (Å²) in [5.41, 5.74) is 5.89. The van der Waals surface area contributed by atoms with E-state index in [9.17, 15) is 0 Å². The number of halogens is 1. The maximum atomic E-state index is 8.92. The van der Waals surface area contributed by atoms with Crippen LogP contribution in [0.3, 0.4) is 0 Å². The van der Waals surface area contributed by atoms with Crippen molar-refractivity contribution in [3.8, 4) is 17.2 Å². The van der Waals surface area contributed by atoms with E-state index >= 15 is 0 Å². The number of nitriles is 1. The molecule has 2 aromatic heterocycles. The Morgan fingerprint density at radius 2 is 1.87 bits per heavy atom. The van der Waals surface area contributed by atoms with Crippen LogP contribution >= 0.6 is 15.9 Å². The third kappa shape index (κ3) is 3.17. The van der Waals surface area contributed by atoms with Gasteiger partial charge >= 0.3 is 0 Å². The van der Waals surface area contributed by atoms with Crippen LogP contribution in [0, 0.1) is 25.2 Å². The topological polar surface area (TPSA) is 54.5 Å². The highest BCUT2D eigenvalue weighted by atomic mass is 79.9. The molecule has 23 heavy (non-hydrogen) atoms. The summed E-state index contributed by atoms with van der Waals surface area (Å²) in [4.78, 5) is 4.41. The number of rotatable bonds is 3. The van der Waals surface area contributed by atoms with Crippen molar-refractivity contribution in [2.75, 3.05) is 0 Å². The molecule has 0 fully saturated rings. The Morgan fingerprint density at radius 1 is 1.13 bits per heavy atom. The van der Waals surface area contributed by atoms with Gasteiger partial charge in [-0.1, -0.05) is 12.1 Å². The number of nitrogens with zero attached hydrogens (tertiary/aromatic N) is 4. The summed E-state index contributed by atoms with van der Waals surface area (Å²) in [6.45, 7) is 4.70. The lowest BCUT2D eigenvalue weighted by atomic mass is 10.0. The molecule has 3 aromatic rings. The summed E-state index contributed by atoms with van der Waals surface area (Å²) in [7, 11) is 0. The number of aromatic nitrogens is 3. The zero-order valence-electron chi connectivity index (χ0n) is 12.9. The van der Waals surface area contributed by atoms with Crippen molar-refractivity contribution in [1.29, 1.82) is 5.26 Å². The smallest absolute Gasteiger partial charge is 0.0991 e. The summed E-state index contributed by atoms with van der Waals surface area (Å²) >= 11 is 3.40. The fourth-order valence-corrected chi connectivity index (χ4v) is 2.87. The molecule has 0 saturated carbocycles. The van der Waals surface area contributed by atoms with E-state index < -0.39 is 0 Å². The van der Waals surface area contributed by atoms with E-state index in [2.05, 4.69) is 39.0 Å². The van der Waals surface area contributed by atoms with Gasteiger partial charge in [0.05, 0.1) is 29.6 Å². The van der Waals surface area contributed by atoms with Crippen LogP contribution in [-0.2, 0) is 6.54 Å². The molecular weight excluding hydrogens is 352 g/mol. The molecule has 0 unspecified atom stereocenters. The second-order valence-corrected chi connectivity index (χ2v) is 6.28. The minimum absolute atomic E-state index is 0.635. The second-order valence-electron chi connectivity index (χ2n) is 5.36. The van der Waals surface area contributed by atoms with Gasteiger partial charge in [-0.3, -0.25) is 9.67 Å². The van der Waals surface area contributed by atoms with E-state index in [1.807, 2.05) is 48.0 Å². The van der Waals surface area contributed by atoms with Crippen LogP contribution in [0.15, 0.2) is 47.1 Å². The van der Waals surface area contributed by atoms with Gasteiger partial charge in [0.25, 0.3) is 0 Å². The van der Waals surface area contributed by atoms with Crippen LogP contribution in [0.1, 0.15) is 22.6 Å². The highest BCUT2D eigenvalue weighted by Gasteiger charge is 2.14. The first-order chi connectivity index (χ1) is 11.1. The summed E-state index contributed by atoms with van der Waals surface area (Å²) in [5.74, 6) is 0. The molecule has 0 N–H and O–H groups in total. The van der Waals surface area contributed by atoms with Crippen LogP contribution in [0.2, 0.25) is 0 Å². The molecule has 0 aliphatic heterocycles. The molecule has 0 amide bonds. The molecule has 4 nitrogen and oxygen atoms in total. The molecule has 0 spiro atoms. The molecular formula is C18H15BrN4. The predicted molar refractivity (Wildman–Crippen MR) is 92.9 cm³/mol. The van der Waals surface area contributed by atoms with Crippen LogP contribution in [0.5, 0.6) is 0 Å². The Morgan fingerprint density at radius 3 is 2.48 bits per heavy atom. The zero-order chi connectivity index (χ0) is 16.4. The lowest BCUT2D eigenvalue weighted by Gasteiger charge is -2.06. The average Bonchev–Trinajstić information content (AvgIpc) is 2.84. The molecule has 3 rings (SSSR count). The number of hydrogen-bond acceptors (Lipinski definition) is 3. The third-order valence-electron chi connectivity index (χ3n) is 3.78. The standard InChI is InChI=1S/C18H15BrN4/c1-12-18(15-5-3-14(9-20)4-6-15)13(2)23(22-12)11-17-8-7-16(19)10-21-17/h3-8,10H,11H2,1-2H3. The van der Waals surface area contributed by atoms with Crippen molar-refractivity contribution in [2.24, 2.45) is 0 Å². The van der Waals surface area contributed by atoms with Crippen molar-refractivity contribution in [2.45, 2.75) is 20.4 Å². The molecule has 5 heteroatoms. The summed E-state index contributed by atoms with van der Waals surface area (Å²) in [6.07, 6.45) is 1.79. The first kappa shape index (κ1) is 15.4. The average molecular weight is 367 g/mol. The molecule has 0 bridgehead atoms. The van der Waals surface area contributed by atoms with E-state index in [1.165, 1.54) is 0 Å². The maximum absolute atomic E-state index is 8.92. The van der Waals surface area contributed by atoms with Gasteiger partial charge in [0.1, 0.15) is 0 Å². The van der Waals surface area contributed by atoms with Gasteiger partial charge in [-0.25, -0.2) is 0 Å². The fourth-order valence-electron chi connectivity index (χ4n) is 2.63. The Labute approximate surface area is 143 Å². The SMILES string of the molecule is Cc1nn(Cc2ccc(Br)cn2)c(C)c1-c1ccc(C#N)cc1. The van der Waals surface area contributed by atoms with Crippen molar-refractivity contribution < 1.29 is 0 Å². The van der Waals surface area contributed by atoms with Crippen LogP contribution in [-0.4, -0.2) is 14.8 Å². The summed E-state index contributed by atoms with van der Waals surface area (Å²) in [6, 6.07) is 13.7. The fraction of sp³-hybridized carbons (Fsp3) is 0.167. The normalized spacial score (nSPS) is 10.5. The Kier molecular flexibility index (Phi) is 4.26. The molecule has 1 aromatic carbocycles. The molecule has 0 aliphatic rings. The van der Waals surface area contributed by atoms with Gasteiger partial charge in [0.15, 0.2) is 0 Å². The summed E-state index contributed by atoms with van der Waals surface area (Å²) in [5, 5.41) is 13.6. The van der Waals surface area contributed by atoms with E-state index in [0.29, 0.717) is 12.1 Å². The van der Waals surface area contributed by atoms with Crippen molar-refractivity contribution in [1.82, 2.24) is 14.8 Å². The van der Waals surface area contributed by atoms with Gasteiger partial charge in [0.2, 0.25) is 0 Å². The first-order valence-corrected chi connectivity index (χ1v) is 8.03. The van der Waals surface area contributed by atoms with Gasteiger partial charge in [-0.2, -0.15) is 10.4 Å². The van der Waals surface area contributed by atoms with Gasteiger partial charge in [-0.05, 0) is 59.6 Å². The Balaban J connectivity index is 1.95. The lowest BCUT2D eigenvalue weighted by molar-refractivity contribution is 0.647. The number of pyridine rings is 1. The summed E-state index contributed by atoms with van der Waals surface area (Å²) < 4.78 is 2.94. The van der Waals surface area contributed by atoms with Crippen LogP contribution in [0.4, 0.5) is 0 Å². The molecule has 0 aliphatic carbocycles. The minimum atomic E-state index is 0.635. The molecule has 0 saturated heterocycles. The third-order valence-corrected chi connectivity index (χ3v) is 4.25. The van der Waals surface area contributed by atoms with Crippen LogP contribution in [0.25, 0.3) is 11.1 Å². The monoisotopic (exact) mass is 366 g/mol. The lowest BCUT2D eigenvalue weighted by Crippen LogP contribution is -2.05. The highest BCUT2D eigenvalue weighted by molar-refractivity contribution is 9.10. The number of benzene rings is 1. The largest absolute Gasteiger partial charge is 0.263 e. The first-order valence-electron chi connectivity index (χ1n) is 7.23. The Hall–Kier alpha value is -2.45. The van der Waals surface area contributed by atoms with Crippen molar-refractivity contribution in [3.05, 3.63) is 69.7 Å². The number of aryl methyl sites for hydroxylation is 1. The number of hydrogen-bond donors (Lipinski definition) is 0.